The summed E-state index contributed by atoms with van der Waals surface area (Å²) in [5.74, 6) is -0.819. The first-order valence-corrected chi connectivity index (χ1v) is 4.86. The summed E-state index contributed by atoms with van der Waals surface area (Å²) in [5, 5.41) is 2.68. The molecular weight excluding hydrogens is 235 g/mol. The molecule has 16 heavy (non-hydrogen) atoms. The second kappa shape index (κ2) is 4.02. The summed E-state index contributed by atoms with van der Waals surface area (Å²) >= 11 is 5.79. The first-order valence-electron chi connectivity index (χ1n) is 4.48. The zero-order valence-corrected chi connectivity index (χ0v) is 9.06. The first kappa shape index (κ1) is 10.8. The number of ether oxygens (including phenoxy) is 1. The molecule has 1 amide bonds. The van der Waals surface area contributed by atoms with Gasteiger partial charge in [-0.1, -0.05) is 11.6 Å². The predicted octanol–water partition coefficient (Wildman–Crippen LogP) is 2.68. The lowest BCUT2D eigenvalue weighted by atomic mass is 10.2. The third-order valence-corrected chi connectivity index (χ3v) is 2.40. The molecule has 1 heterocycles. The van der Waals surface area contributed by atoms with Crippen LogP contribution in [0.4, 0.5) is 9.18 Å². The van der Waals surface area contributed by atoms with Gasteiger partial charge in [0.2, 0.25) is 0 Å². The van der Waals surface area contributed by atoms with Gasteiger partial charge in [-0.3, -0.25) is 0 Å². The highest BCUT2D eigenvalue weighted by atomic mass is 35.5. The summed E-state index contributed by atoms with van der Waals surface area (Å²) in [6, 6.07) is 2.95. The van der Waals surface area contributed by atoms with Crippen molar-refractivity contribution < 1.29 is 13.9 Å². The number of benzene rings is 1. The van der Waals surface area contributed by atoms with Gasteiger partial charge in [0, 0.05) is 13.2 Å². The smallest absolute Gasteiger partial charge is 0.407 e. The van der Waals surface area contributed by atoms with Crippen molar-refractivity contribution in [2.45, 2.75) is 0 Å². The minimum atomic E-state index is -0.732. The van der Waals surface area contributed by atoms with E-state index in [1.807, 2.05) is 0 Å². The van der Waals surface area contributed by atoms with Crippen LogP contribution in [0.3, 0.4) is 0 Å². The number of nitrogens with one attached hydrogen (secondary N) is 2. The Labute approximate surface area is 95.3 Å². The Balaban J connectivity index is 2.51. The van der Waals surface area contributed by atoms with E-state index in [4.69, 9.17) is 16.3 Å². The number of amides is 1. The highest BCUT2D eigenvalue weighted by molar-refractivity contribution is 6.35. The van der Waals surface area contributed by atoms with Gasteiger partial charge in [0.05, 0.1) is 15.9 Å². The zero-order valence-electron chi connectivity index (χ0n) is 8.30. The summed E-state index contributed by atoms with van der Waals surface area (Å²) in [4.78, 5) is 13.7. The van der Waals surface area contributed by atoms with E-state index in [0.29, 0.717) is 5.52 Å². The van der Waals surface area contributed by atoms with Gasteiger partial charge in [-0.15, -0.1) is 0 Å². The summed E-state index contributed by atoms with van der Waals surface area (Å²) in [5.41, 5.74) is 0.548. The maximum Gasteiger partial charge on any atom is 0.412 e. The van der Waals surface area contributed by atoms with Gasteiger partial charge in [-0.05, 0) is 12.1 Å². The Kier molecular flexibility index (Phi) is 2.70. The standard InChI is InChI=1S/C10H8ClFN2O2/c1-13-10(15)16-7-3-2-6-8(9(7)12)5(11)4-14-6/h2-4,14H,1H3,(H,13,15). The van der Waals surface area contributed by atoms with Crippen molar-refractivity contribution in [1.82, 2.24) is 10.3 Å². The summed E-state index contributed by atoms with van der Waals surface area (Å²) in [7, 11) is 1.39. The maximum absolute atomic E-state index is 13.9. The molecule has 0 spiro atoms. The second-order valence-electron chi connectivity index (χ2n) is 3.08. The number of hydrogen-bond donors (Lipinski definition) is 2. The molecule has 0 saturated heterocycles. The molecule has 0 radical (unpaired) electrons. The number of carbonyl (C=O) groups is 1. The summed E-state index contributed by atoms with van der Waals surface area (Å²) in [6.45, 7) is 0. The average molecular weight is 243 g/mol. The number of aromatic nitrogens is 1. The van der Waals surface area contributed by atoms with Crippen LogP contribution in [0.5, 0.6) is 5.75 Å². The Morgan fingerprint density at radius 2 is 2.31 bits per heavy atom. The molecule has 0 unspecified atom stereocenters. The average Bonchev–Trinajstić information content (AvgIpc) is 2.65. The number of aromatic amines is 1. The molecule has 0 saturated carbocycles. The minimum Gasteiger partial charge on any atom is -0.407 e. The normalized spacial score (nSPS) is 10.4. The summed E-state index contributed by atoms with van der Waals surface area (Å²) < 4.78 is 18.6. The number of fused-ring (bicyclic) bond motifs is 1. The van der Waals surface area contributed by atoms with Gasteiger partial charge < -0.3 is 15.0 Å². The molecule has 0 aliphatic heterocycles. The number of carbonyl (C=O) groups excluding carboxylic acids is 1. The fourth-order valence-electron chi connectivity index (χ4n) is 1.35. The van der Waals surface area contributed by atoms with Crippen LogP contribution in [0.25, 0.3) is 10.9 Å². The van der Waals surface area contributed by atoms with Crippen LogP contribution in [0.2, 0.25) is 5.02 Å². The fourth-order valence-corrected chi connectivity index (χ4v) is 1.59. The highest BCUT2D eigenvalue weighted by Crippen LogP contribution is 2.31. The first-order chi connectivity index (χ1) is 7.63. The van der Waals surface area contributed by atoms with Crippen molar-refractivity contribution in [3.05, 3.63) is 29.2 Å². The van der Waals surface area contributed by atoms with E-state index in [1.54, 1.807) is 6.07 Å². The third-order valence-electron chi connectivity index (χ3n) is 2.11. The molecule has 0 aliphatic carbocycles. The monoisotopic (exact) mass is 242 g/mol. The van der Waals surface area contributed by atoms with E-state index in [-0.39, 0.29) is 16.2 Å². The number of hydrogen-bond acceptors (Lipinski definition) is 2. The van der Waals surface area contributed by atoms with E-state index in [0.717, 1.165) is 0 Å². The highest BCUT2D eigenvalue weighted by Gasteiger charge is 2.14. The van der Waals surface area contributed by atoms with Gasteiger partial charge in [-0.25, -0.2) is 9.18 Å². The lowest BCUT2D eigenvalue weighted by molar-refractivity contribution is 0.201. The van der Waals surface area contributed by atoms with Gasteiger partial charge in [0.1, 0.15) is 0 Å². The van der Waals surface area contributed by atoms with Crippen LogP contribution < -0.4 is 10.1 Å². The largest absolute Gasteiger partial charge is 0.412 e. The molecule has 84 valence electrons. The van der Waals surface area contributed by atoms with Crippen molar-refractivity contribution in [2.24, 2.45) is 0 Å². The van der Waals surface area contributed by atoms with E-state index < -0.39 is 11.9 Å². The number of H-pyrrole nitrogens is 1. The van der Waals surface area contributed by atoms with Gasteiger partial charge >= 0.3 is 6.09 Å². The van der Waals surface area contributed by atoms with Crippen molar-refractivity contribution in [3.63, 3.8) is 0 Å². The number of halogens is 2. The van der Waals surface area contributed by atoms with E-state index in [9.17, 15) is 9.18 Å². The zero-order chi connectivity index (χ0) is 11.7. The summed E-state index contributed by atoms with van der Waals surface area (Å²) in [6.07, 6.45) is 0.740. The number of rotatable bonds is 1. The third kappa shape index (κ3) is 1.69. The Hall–Kier alpha value is -1.75. The molecule has 0 atom stereocenters. The molecule has 1 aromatic heterocycles. The van der Waals surface area contributed by atoms with Crippen molar-refractivity contribution in [1.29, 1.82) is 0 Å². The Bertz CT molecular complexity index is 553. The quantitative estimate of drug-likeness (QED) is 0.808. The molecule has 2 rings (SSSR count). The molecule has 2 N–H and O–H groups in total. The van der Waals surface area contributed by atoms with Crippen LogP contribution in [0.1, 0.15) is 0 Å². The van der Waals surface area contributed by atoms with Crippen LogP contribution in [-0.2, 0) is 0 Å². The van der Waals surface area contributed by atoms with Crippen molar-refractivity contribution in [2.75, 3.05) is 7.05 Å². The molecule has 0 fully saturated rings. The van der Waals surface area contributed by atoms with Crippen LogP contribution >= 0.6 is 11.6 Å². The molecule has 0 bridgehead atoms. The fraction of sp³-hybridized carbons (Fsp3) is 0.100. The second-order valence-corrected chi connectivity index (χ2v) is 3.48. The van der Waals surface area contributed by atoms with E-state index in [1.165, 1.54) is 19.3 Å². The minimum absolute atomic E-state index is 0.159. The van der Waals surface area contributed by atoms with Gasteiger partial charge in [0.25, 0.3) is 0 Å². The van der Waals surface area contributed by atoms with Gasteiger partial charge in [-0.2, -0.15) is 0 Å². The molecular formula is C10H8ClFN2O2. The predicted molar refractivity (Wildman–Crippen MR) is 58.4 cm³/mol. The lowest BCUT2D eigenvalue weighted by Gasteiger charge is -2.05. The topological polar surface area (TPSA) is 54.1 Å². The molecule has 6 heteroatoms. The van der Waals surface area contributed by atoms with Crippen LogP contribution in [-0.4, -0.2) is 18.1 Å². The van der Waals surface area contributed by atoms with E-state index >= 15 is 0 Å². The molecule has 1 aromatic carbocycles. The Morgan fingerprint density at radius 3 is 3.00 bits per heavy atom. The Morgan fingerprint density at radius 1 is 1.56 bits per heavy atom. The van der Waals surface area contributed by atoms with Crippen LogP contribution in [0.15, 0.2) is 18.3 Å². The maximum atomic E-state index is 13.9. The SMILES string of the molecule is CNC(=O)Oc1ccc2[nH]cc(Cl)c2c1F. The van der Waals surface area contributed by atoms with Gasteiger partial charge in [0.15, 0.2) is 11.6 Å². The molecule has 0 aliphatic rings. The van der Waals surface area contributed by atoms with E-state index in [2.05, 4.69) is 10.3 Å². The van der Waals surface area contributed by atoms with Crippen molar-refractivity contribution in [3.8, 4) is 5.75 Å². The van der Waals surface area contributed by atoms with Crippen molar-refractivity contribution >= 4 is 28.6 Å². The molecule has 2 aromatic rings. The molecule has 4 nitrogen and oxygen atoms in total. The lowest BCUT2D eigenvalue weighted by Crippen LogP contribution is -2.22. The van der Waals surface area contributed by atoms with Crippen LogP contribution in [0, 0.1) is 5.82 Å².